The summed E-state index contributed by atoms with van der Waals surface area (Å²) in [7, 11) is 1.46. The molecule has 1 rings (SSSR count). The second kappa shape index (κ2) is 5.74. The van der Waals surface area contributed by atoms with Gasteiger partial charge in [-0.3, -0.25) is 4.55 Å². The van der Waals surface area contributed by atoms with Crippen molar-refractivity contribution in [1.29, 1.82) is 0 Å². The number of rotatable bonds is 5. The summed E-state index contributed by atoms with van der Waals surface area (Å²) in [6.45, 7) is 0.329. The third kappa shape index (κ3) is 4.58. The fraction of sp³-hybridized carbons (Fsp3) is 0.250. The smallest absolute Gasteiger partial charge is 0.261 e. The molecule has 5 nitrogen and oxygen atoms in total. The first kappa shape index (κ1) is 13.6. The van der Waals surface area contributed by atoms with Gasteiger partial charge in [-0.2, -0.15) is 0 Å². The lowest BCUT2D eigenvalue weighted by Gasteiger charge is -2.02. The van der Waals surface area contributed by atoms with Crippen molar-refractivity contribution in [3.05, 3.63) is 29.8 Å². The first-order valence-corrected chi connectivity index (χ1v) is 7.69. The lowest BCUT2D eigenvalue weighted by molar-refractivity contribution is 0.549. The van der Waals surface area contributed by atoms with Crippen molar-refractivity contribution in [2.45, 2.75) is 11.3 Å². The molecule has 1 unspecified atom stereocenters. The molecule has 0 saturated heterocycles. The van der Waals surface area contributed by atoms with Crippen molar-refractivity contribution in [2.75, 3.05) is 6.54 Å². The first-order chi connectivity index (χ1) is 7.39. The van der Waals surface area contributed by atoms with Gasteiger partial charge < -0.3 is 0 Å². The Morgan fingerprint density at radius 1 is 1.31 bits per heavy atom. The number of nitrogens with one attached hydrogen (secondary N) is 1. The van der Waals surface area contributed by atoms with Crippen LogP contribution in [0.3, 0.4) is 0 Å². The van der Waals surface area contributed by atoms with E-state index >= 15 is 0 Å². The Kier molecular flexibility index (Phi) is 4.88. The molecule has 90 valence electrons. The SMILES string of the molecule is O=S(O)NCCc1ccc(S(=O)(=O)Cl)cc1. The monoisotopic (exact) mass is 283 g/mol. The molecule has 0 aromatic heterocycles. The van der Waals surface area contributed by atoms with Crippen LogP contribution in [-0.2, 0) is 26.7 Å². The van der Waals surface area contributed by atoms with Crippen molar-refractivity contribution in [3.63, 3.8) is 0 Å². The predicted octanol–water partition coefficient (Wildman–Crippen LogP) is 0.883. The fourth-order valence-corrected chi connectivity index (χ4v) is 2.15. The lowest BCUT2D eigenvalue weighted by atomic mass is 10.2. The molecule has 8 heteroatoms. The van der Waals surface area contributed by atoms with E-state index in [1.807, 2.05) is 0 Å². The molecular formula is C8H10ClNO4S2. The molecule has 0 radical (unpaired) electrons. The standard InChI is InChI=1S/C8H10ClNO4S2/c9-16(13,14)8-3-1-7(2-4-8)5-6-10-15(11)12/h1-4,10H,5-6H2,(H,11,12). The van der Waals surface area contributed by atoms with Crippen molar-refractivity contribution in [3.8, 4) is 0 Å². The van der Waals surface area contributed by atoms with Gasteiger partial charge >= 0.3 is 0 Å². The van der Waals surface area contributed by atoms with Crippen LogP contribution in [0.25, 0.3) is 0 Å². The van der Waals surface area contributed by atoms with E-state index < -0.39 is 20.3 Å². The van der Waals surface area contributed by atoms with Crippen LogP contribution in [0, 0.1) is 0 Å². The van der Waals surface area contributed by atoms with E-state index in [-0.39, 0.29) is 4.90 Å². The van der Waals surface area contributed by atoms with Crippen LogP contribution in [0.2, 0.25) is 0 Å². The Morgan fingerprint density at radius 3 is 2.31 bits per heavy atom. The second-order valence-corrected chi connectivity index (χ2v) is 6.33. The molecule has 16 heavy (non-hydrogen) atoms. The van der Waals surface area contributed by atoms with Crippen molar-refractivity contribution in [1.82, 2.24) is 4.72 Å². The molecule has 0 fully saturated rings. The predicted molar refractivity (Wildman–Crippen MR) is 62.0 cm³/mol. The van der Waals surface area contributed by atoms with Crippen molar-refractivity contribution < 1.29 is 17.2 Å². The molecule has 1 aromatic carbocycles. The molecule has 2 N–H and O–H groups in total. The van der Waals surface area contributed by atoms with Crippen LogP contribution in [0.1, 0.15) is 5.56 Å². The summed E-state index contributed by atoms with van der Waals surface area (Å²) in [6, 6.07) is 6.01. The van der Waals surface area contributed by atoms with Gasteiger partial charge in [0, 0.05) is 17.2 Å². The highest BCUT2D eigenvalue weighted by Crippen LogP contribution is 2.15. The Hall–Kier alpha value is -0.470. The highest BCUT2D eigenvalue weighted by molar-refractivity contribution is 8.13. The maximum Gasteiger partial charge on any atom is 0.261 e. The van der Waals surface area contributed by atoms with Gasteiger partial charge in [-0.15, -0.1) is 0 Å². The molecule has 0 heterocycles. The average Bonchev–Trinajstić information content (AvgIpc) is 2.16. The molecular weight excluding hydrogens is 274 g/mol. The van der Waals surface area contributed by atoms with Gasteiger partial charge in [-0.05, 0) is 24.1 Å². The zero-order chi connectivity index (χ0) is 12.2. The van der Waals surface area contributed by atoms with Crippen molar-refractivity contribution in [2.24, 2.45) is 0 Å². The highest BCUT2D eigenvalue weighted by atomic mass is 35.7. The Labute approximate surface area is 101 Å². The van der Waals surface area contributed by atoms with E-state index in [1.165, 1.54) is 12.1 Å². The van der Waals surface area contributed by atoms with Crippen LogP contribution >= 0.6 is 10.7 Å². The molecule has 0 spiro atoms. The lowest BCUT2D eigenvalue weighted by Crippen LogP contribution is -2.19. The van der Waals surface area contributed by atoms with E-state index in [1.54, 1.807) is 12.1 Å². The normalized spacial score (nSPS) is 13.6. The maximum atomic E-state index is 10.9. The van der Waals surface area contributed by atoms with Crippen LogP contribution in [0.15, 0.2) is 29.2 Å². The van der Waals surface area contributed by atoms with Gasteiger partial charge in [0.25, 0.3) is 9.05 Å². The summed E-state index contributed by atoms with van der Waals surface area (Å²) in [5, 5.41) is 0. The fourth-order valence-electron chi connectivity index (χ4n) is 1.10. The summed E-state index contributed by atoms with van der Waals surface area (Å²) in [4.78, 5) is 0.0385. The first-order valence-electron chi connectivity index (χ1n) is 4.27. The number of hydrogen-bond acceptors (Lipinski definition) is 3. The molecule has 0 amide bonds. The summed E-state index contributed by atoms with van der Waals surface area (Å²) < 4.78 is 42.9. The summed E-state index contributed by atoms with van der Waals surface area (Å²) >= 11 is -2.02. The van der Waals surface area contributed by atoms with Crippen LogP contribution in [0.4, 0.5) is 0 Å². The minimum absolute atomic E-state index is 0.0385. The minimum Gasteiger partial charge on any atom is -0.294 e. The van der Waals surface area contributed by atoms with E-state index in [0.29, 0.717) is 13.0 Å². The Bertz CT molecular complexity index is 471. The van der Waals surface area contributed by atoms with Crippen LogP contribution in [-0.4, -0.2) is 23.7 Å². The highest BCUT2D eigenvalue weighted by Gasteiger charge is 2.08. The number of halogens is 1. The third-order valence-electron chi connectivity index (χ3n) is 1.84. The number of benzene rings is 1. The zero-order valence-corrected chi connectivity index (χ0v) is 10.5. The van der Waals surface area contributed by atoms with Gasteiger partial charge in [0.2, 0.25) is 11.3 Å². The molecule has 0 aliphatic heterocycles. The van der Waals surface area contributed by atoms with Gasteiger partial charge in [-0.25, -0.2) is 17.3 Å². The van der Waals surface area contributed by atoms with E-state index in [4.69, 9.17) is 15.2 Å². The molecule has 1 atom stereocenters. The average molecular weight is 284 g/mol. The summed E-state index contributed by atoms with van der Waals surface area (Å²) in [5.41, 5.74) is 0.849. The summed E-state index contributed by atoms with van der Waals surface area (Å²) in [5.74, 6) is 0. The quantitative estimate of drug-likeness (QED) is 0.621. The van der Waals surface area contributed by atoms with Crippen LogP contribution < -0.4 is 4.72 Å². The second-order valence-electron chi connectivity index (χ2n) is 2.98. The topological polar surface area (TPSA) is 83.5 Å². The minimum atomic E-state index is -3.69. The van der Waals surface area contributed by atoms with E-state index in [0.717, 1.165) is 5.56 Å². The molecule has 0 aliphatic carbocycles. The number of hydrogen-bond donors (Lipinski definition) is 2. The maximum absolute atomic E-state index is 10.9. The summed E-state index contributed by atoms with van der Waals surface area (Å²) in [6.07, 6.45) is 0.523. The molecule has 1 aromatic rings. The zero-order valence-electron chi connectivity index (χ0n) is 8.09. The van der Waals surface area contributed by atoms with Gasteiger partial charge in [0.1, 0.15) is 0 Å². The third-order valence-corrected chi connectivity index (χ3v) is 3.66. The molecule has 0 saturated carbocycles. The van der Waals surface area contributed by atoms with Crippen molar-refractivity contribution >= 4 is 31.0 Å². The van der Waals surface area contributed by atoms with Gasteiger partial charge in [-0.1, -0.05) is 12.1 Å². The Balaban J connectivity index is 2.62. The van der Waals surface area contributed by atoms with E-state index in [9.17, 15) is 12.6 Å². The van der Waals surface area contributed by atoms with E-state index in [2.05, 4.69) is 4.72 Å². The largest absolute Gasteiger partial charge is 0.294 e. The molecule has 0 bridgehead atoms. The van der Waals surface area contributed by atoms with Gasteiger partial charge in [0.15, 0.2) is 0 Å². The Morgan fingerprint density at radius 2 is 1.88 bits per heavy atom. The molecule has 0 aliphatic rings. The van der Waals surface area contributed by atoms with Crippen LogP contribution in [0.5, 0.6) is 0 Å². The van der Waals surface area contributed by atoms with Gasteiger partial charge in [0.05, 0.1) is 4.90 Å².